The van der Waals surface area contributed by atoms with Crippen molar-refractivity contribution in [2.75, 3.05) is 19.7 Å². The van der Waals surface area contributed by atoms with E-state index in [-0.39, 0.29) is 5.82 Å². The number of nitrogens with zero attached hydrogens (tertiary/aromatic N) is 4. The number of hydrogen-bond donors (Lipinski definition) is 0. The van der Waals surface area contributed by atoms with Gasteiger partial charge in [0.2, 0.25) is 0 Å². The third kappa shape index (κ3) is 3.28. The van der Waals surface area contributed by atoms with Gasteiger partial charge in [0.05, 0.1) is 0 Å². The van der Waals surface area contributed by atoms with Crippen LogP contribution in [0, 0.1) is 10.1 Å². The van der Waals surface area contributed by atoms with Crippen molar-refractivity contribution in [3.05, 3.63) is 50.6 Å². The average Bonchev–Trinajstić information content (AvgIpc) is 2.87. The van der Waals surface area contributed by atoms with Gasteiger partial charge < -0.3 is 14.9 Å². The first-order valence-electron chi connectivity index (χ1n) is 6.93. The minimum atomic E-state index is -0.500. The molecule has 0 saturated carbocycles. The molecule has 22 heavy (non-hydrogen) atoms. The van der Waals surface area contributed by atoms with Crippen LogP contribution in [-0.4, -0.2) is 39.1 Å². The van der Waals surface area contributed by atoms with E-state index in [0.717, 1.165) is 24.1 Å². The van der Waals surface area contributed by atoms with Gasteiger partial charge in [-0.3, -0.25) is 9.47 Å². The van der Waals surface area contributed by atoms with Crippen molar-refractivity contribution < 1.29 is 9.66 Å². The predicted molar refractivity (Wildman–Crippen MR) is 83.8 cm³/mol. The van der Waals surface area contributed by atoms with Gasteiger partial charge in [-0.25, -0.2) is 0 Å². The molecule has 7 nitrogen and oxygen atoms in total. The normalized spacial score (nSPS) is 15.5. The highest BCUT2D eigenvalue weighted by Crippen LogP contribution is 2.21. The number of aromatic nitrogens is 2. The van der Waals surface area contributed by atoms with Crippen LogP contribution in [0.5, 0.6) is 6.01 Å². The van der Waals surface area contributed by atoms with Crippen LogP contribution in [0.3, 0.4) is 0 Å². The molecule has 2 aromatic rings. The van der Waals surface area contributed by atoms with Crippen molar-refractivity contribution in [1.29, 1.82) is 0 Å². The highest BCUT2D eigenvalue weighted by molar-refractivity contribution is 9.10. The monoisotopic (exact) mass is 366 g/mol. The first-order valence-corrected chi connectivity index (χ1v) is 7.73. The van der Waals surface area contributed by atoms with Gasteiger partial charge in [0, 0.05) is 35.6 Å². The Kier molecular flexibility index (Phi) is 4.39. The van der Waals surface area contributed by atoms with Gasteiger partial charge in [-0.1, -0.05) is 34.1 Å². The molecule has 1 aromatic carbocycles. The highest BCUT2D eigenvalue weighted by atomic mass is 79.9. The molecular weight excluding hydrogens is 352 g/mol. The van der Waals surface area contributed by atoms with Crippen LogP contribution in [0.25, 0.3) is 0 Å². The fourth-order valence-electron chi connectivity index (χ4n) is 2.40. The summed E-state index contributed by atoms with van der Waals surface area (Å²) in [4.78, 5) is 16.4. The molecule has 0 spiro atoms. The van der Waals surface area contributed by atoms with Crippen LogP contribution in [0.2, 0.25) is 0 Å². The van der Waals surface area contributed by atoms with E-state index >= 15 is 0 Å². The van der Waals surface area contributed by atoms with E-state index in [1.54, 1.807) is 4.57 Å². The van der Waals surface area contributed by atoms with E-state index in [4.69, 9.17) is 4.74 Å². The van der Waals surface area contributed by atoms with Gasteiger partial charge in [-0.05, 0) is 16.6 Å². The number of nitro groups is 1. The Labute approximate surface area is 135 Å². The van der Waals surface area contributed by atoms with E-state index < -0.39 is 4.92 Å². The Morgan fingerprint density at radius 1 is 1.32 bits per heavy atom. The molecule has 3 rings (SSSR count). The maximum absolute atomic E-state index is 10.8. The van der Waals surface area contributed by atoms with E-state index in [1.165, 1.54) is 11.8 Å². The lowest BCUT2D eigenvalue weighted by Gasteiger charge is -2.24. The number of hydrogen-bond acceptors (Lipinski definition) is 5. The molecule has 0 amide bonds. The Morgan fingerprint density at radius 3 is 2.91 bits per heavy atom. The largest absolute Gasteiger partial charge is 0.444 e. The van der Waals surface area contributed by atoms with Crippen LogP contribution in [0.1, 0.15) is 5.56 Å². The number of benzene rings is 1. The van der Waals surface area contributed by atoms with Gasteiger partial charge in [-0.2, -0.15) is 0 Å². The molecule has 0 aliphatic carbocycles. The third-order valence-corrected chi connectivity index (χ3v) is 4.34. The maximum Gasteiger partial charge on any atom is 0.414 e. The fraction of sp³-hybridized carbons (Fsp3) is 0.357. The van der Waals surface area contributed by atoms with Crippen LogP contribution >= 0.6 is 15.9 Å². The summed E-state index contributed by atoms with van der Waals surface area (Å²) in [5, 5.41) is 10.8. The van der Waals surface area contributed by atoms with E-state index in [1.807, 2.05) is 18.2 Å². The van der Waals surface area contributed by atoms with Gasteiger partial charge in [0.1, 0.15) is 12.8 Å². The minimum absolute atomic E-state index is 0.172. The minimum Gasteiger partial charge on any atom is -0.444 e. The summed E-state index contributed by atoms with van der Waals surface area (Å²) in [6, 6.07) is 8.43. The molecule has 2 heterocycles. The molecular formula is C14H15BrN4O3. The number of fused-ring (bicyclic) bond motifs is 1. The highest BCUT2D eigenvalue weighted by Gasteiger charge is 2.22. The molecule has 0 unspecified atom stereocenters. The molecule has 0 N–H and O–H groups in total. The zero-order valence-electron chi connectivity index (χ0n) is 11.8. The second kappa shape index (κ2) is 6.45. The summed E-state index contributed by atoms with van der Waals surface area (Å²) >= 11 is 3.56. The standard InChI is InChI=1S/C14H15BrN4O3/c15-12-4-2-1-3-11(12)9-17-5-6-18-10-13(19(20)21)16-14(18)22-8-7-17/h1-4,10H,5-9H2. The van der Waals surface area contributed by atoms with Crippen molar-refractivity contribution in [3.63, 3.8) is 0 Å². The summed E-state index contributed by atoms with van der Waals surface area (Å²) in [7, 11) is 0. The van der Waals surface area contributed by atoms with Crippen molar-refractivity contribution in [3.8, 4) is 6.01 Å². The fourth-order valence-corrected chi connectivity index (χ4v) is 2.81. The van der Waals surface area contributed by atoms with Crippen molar-refractivity contribution >= 4 is 21.7 Å². The Morgan fingerprint density at radius 2 is 2.14 bits per heavy atom. The van der Waals surface area contributed by atoms with E-state index in [9.17, 15) is 10.1 Å². The second-order valence-electron chi connectivity index (χ2n) is 5.05. The molecule has 1 aliphatic rings. The second-order valence-corrected chi connectivity index (χ2v) is 5.90. The molecule has 0 atom stereocenters. The zero-order valence-corrected chi connectivity index (χ0v) is 13.4. The summed E-state index contributed by atoms with van der Waals surface area (Å²) in [6.45, 7) is 3.41. The van der Waals surface area contributed by atoms with Crippen molar-refractivity contribution in [2.24, 2.45) is 0 Å². The molecule has 0 saturated heterocycles. The maximum atomic E-state index is 10.8. The SMILES string of the molecule is O=[N+]([O-])c1cn2c(n1)OCCN(Cc1ccccc1Br)CC2. The molecule has 1 aromatic heterocycles. The lowest BCUT2D eigenvalue weighted by atomic mass is 10.2. The first kappa shape index (κ1) is 15.0. The molecule has 8 heteroatoms. The number of halogens is 1. The molecule has 116 valence electrons. The quantitative estimate of drug-likeness (QED) is 0.616. The average molecular weight is 367 g/mol. The van der Waals surface area contributed by atoms with Gasteiger partial charge in [0.25, 0.3) is 0 Å². The molecule has 0 radical (unpaired) electrons. The predicted octanol–water partition coefficient (Wildman–Crippen LogP) is 2.45. The molecule has 0 fully saturated rings. The number of imidazole rings is 1. The first-order chi connectivity index (χ1) is 10.6. The topological polar surface area (TPSA) is 73.4 Å². The van der Waals surface area contributed by atoms with Crippen LogP contribution in [0.4, 0.5) is 5.82 Å². The van der Waals surface area contributed by atoms with Gasteiger partial charge in [-0.15, -0.1) is 0 Å². The number of ether oxygens (including phenoxy) is 1. The summed E-state index contributed by atoms with van der Waals surface area (Å²) in [5.41, 5.74) is 1.21. The van der Waals surface area contributed by atoms with Crippen LogP contribution in [-0.2, 0) is 13.1 Å². The van der Waals surface area contributed by atoms with Crippen molar-refractivity contribution in [1.82, 2.24) is 14.5 Å². The van der Waals surface area contributed by atoms with Crippen molar-refractivity contribution in [2.45, 2.75) is 13.1 Å². The van der Waals surface area contributed by atoms with Crippen LogP contribution in [0.15, 0.2) is 34.9 Å². The molecule has 0 bridgehead atoms. The summed E-state index contributed by atoms with van der Waals surface area (Å²) in [5.74, 6) is -0.172. The van der Waals surface area contributed by atoms with Gasteiger partial charge in [0.15, 0.2) is 0 Å². The third-order valence-electron chi connectivity index (χ3n) is 3.56. The zero-order chi connectivity index (χ0) is 15.5. The number of rotatable bonds is 3. The lowest BCUT2D eigenvalue weighted by Crippen LogP contribution is -2.33. The van der Waals surface area contributed by atoms with E-state index in [0.29, 0.717) is 19.2 Å². The summed E-state index contributed by atoms with van der Waals surface area (Å²) in [6.07, 6.45) is 1.43. The Bertz CT molecular complexity index is 688. The Balaban J connectivity index is 1.71. The van der Waals surface area contributed by atoms with Crippen LogP contribution < -0.4 is 4.74 Å². The smallest absolute Gasteiger partial charge is 0.414 e. The Hall–Kier alpha value is -1.93. The summed E-state index contributed by atoms with van der Waals surface area (Å²) < 4.78 is 8.33. The van der Waals surface area contributed by atoms with Gasteiger partial charge >= 0.3 is 11.8 Å². The van der Waals surface area contributed by atoms with E-state index in [2.05, 4.69) is 31.9 Å². The molecule has 1 aliphatic heterocycles. The lowest BCUT2D eigenvalue weighted by molar-refractivity contribution is -0.389.